The summed E-state index contributed by atoms with van der Waals surface area (Å²) in [6, 6.07) is 0. The molecule has 0 bridgehead atoms. The second-order valence-corrected chi connectivity index (χ2v) is 3.74. The molecule has 0 heteroatoms. The van der Waals surface area contributed by atoms with Crippen molar-refractivity contribution in [2.75, 3.05) is 0 Å². The average Bonchev–Trinajstić information content (AvgIpc) is 2.00. The second-order valence-electron chi connectivity index (χ2n) is 3.74. The Morgan fingerprint density at radius 1 is 1.09 bits per heavy atom. The molecule has 0 aliphatic heterocycles. The predicted octanol–water partition coefficient (Wildman–Crippen LogP) is 4.06. The van der Waals surface area contributed by atoms with Gasteiger partial charge in [0, 0.05) is 0 Å². The average molecular weight is 155 g/mol. The molecule has 0 aromatic heterocycles. The van der Waals surface area contributed by atoms with Gasteiger partial charge < -0.3 is 0 Å². The molecule has 0 aromatic rings. The minimum Gasteiger partial charge on any atom is -0.0654 e. The van der Waals surface area contributed by atoms with Crippen molar-refractivity contribution < 1.29 is 0 Å². The number of unbranched alkanes of at least 4 members (excludes halogenated alkanes) is 1. The molecule has 11 heavy (non-hydrogen) atoms. The van der Waals surface area contributed by atoms with Gasteiger partial charge >= 0.3 is 0 Å². The van der Waals surface area contributed by atoms with E-state index < -0.39 is 0 Å². The molecule has 2 atom stereocenters. The van der Waals surface area contributed by atoms with Gasteiger partial charge in [0.25, 0.3) is 0 Å². The van der Waals surface area contributed by atoms with Crippen molar-refractivity contribution in [3.8, 4) is 0 Å². The van der Waals surface area contributed by atoms with Gasteiger partial charge in [0.2, 0.25) is 0 Å². The first kappa shape index (κ1) is 11.0. The summed E-state index contributed by atoms with van der Waals surface area (Å²) in [4.78, 5) is 0. The smallest absolute Gasteiger partial charge is 0.0417 e. The molecular weight excluding hydrogens is 132 g/mol. The Morgan fingerprint density at radius 3 is 2.09 bits per heavy atom. The van der Waals surface area contributed by atoms with Gasteiger partial charge in [-0.05, 0) is 11.8 Å². The maximum Gasteiger partial charge on any atom is -0.0417 e. The van der Waals surface area contributed by atoms with Crippen LogP contribution < -0.4 is 0 Å². The minimum atomic E-state index is 0.900. The molecule has 0 saturated carbocycles. The van der Waals surface area contributed by atoms with Gasteiger partial charge in [0.15, 0.2) is 0 Å². The van der Waals surface area contributed by atoms with Crippen LogP contribution in [0.15, 0.2) is 0 Å². The molecule has 0 aromatic carbocycles. The molecule has 0 saturated heterocycles. The lowest BCUT2D eigenvalue weighted by molar-refractivity contribution is 0.335. The fourth-order valence-corrected chi connectivity index (χ4v) is 1.49. The molecule has 0 fully saturated rings. The lowest BCUT2D eigenvalue weighted by Crippen LogP contribution is -2.07. The van der Waals surface area contributed by atoms with E-state index >= 15 is 0 Å². The van der Waals surface area contributed by atoms with Gasteiger partial charge in [-0.15, -0.1) is 0 Å². The topological polar surface area (TPSA) is 0 Å². The van der Waals surface area contributed by atoms with E-state index in [1.165, 1.54) is 25.7 Å². The van der Waals surface area contributed by atoms with Crippen LogP contribution in [0.1, 0.15) is 52.9 Å². The maximum atomic E-state index is 3.86. The molecule has 0 heterocycles. The van der Waals surface area contributed by atoms with Crippen LogP contribution in [0.25, 0.3) is 0 Å². The Balaban J connectivity index is 3.38. The van der Waals surface area contributed by atoms with E-state index in [1.807, 2.05) is 0 Å². The molecule has 0 rings (SSSR count). The van der Waals surface area contributed by atoms with Crippen molar-refractivity contribution in [1.82, 2.24) is 0 Å². The Kier molecular flexibility index (Phi) is 6.69. The quantitative estimate of drug-likeness (QED) is 0.542. The Labute approximate surface area is 72.4 Å². The van der Waals surface area contributed by atoms with E-state index in [2.05, 4.69) is 27.7 Å². The van der Waals surface area contributed by atoms with Crippen LogP contribution >= 0.6 is 0 Å². The molecule has 0 N–H and O–H groups in total. The molecule has 0 amide bonds. The van der Waals surface area contributed by atoms with Crippen LogP contribution in [0.5, 0.6) is 0 Å². The Bertz CT molecular complexity index is 76.1. The molecule has 0 nitrogen and oxygen atoms in total. The summed E-state index contributed by atoms with van der Waals surface area (Å²) in [7, 11) is 0. The van der Waals surface area contributed by atoms with Crippen LogP contribution in [0.4, 0.5) is 0 Å². The Morgan fingerprint density at radius 2 is 1.64 bits per heavy atom. The highest BCUT2D eigenvalue weighted by Gasteiger charge is 2.09. The van der Waals surface area contributed by atoms with Crippen LogP contribution in [0, 0.1) is 18.8 Å². The van der Waals surface area contributed by atoms with Crippen molar-refractivity contribution in [2.45, 2.75) is 52.9 Å². The monoisotopic (exact) mass is 155 g/mol. The molecule has 1 radical (unpaired) electrons. The number of rotatable bonds is 6. The zero-order valence-corrected chi connectivity index (χ0v) is 8.40. The van der Waals surface area contributed by atoms with Gasteiger partial charge in [-0.3, -0.25) is 0 Å². The third kappa shape index (κ3) is 5.29. The van der Waals surface area contributed by atoms with Crippen molar-refractivity contribution in [1.29, 1.82) is 0 Å². The summed E-state index contributed by atoms with van der Waals surface area (Å²) in [5.41, 5.74) is 0. The highest BCUT2D eigenvalue weighted by Crippen LogP contribution is 2.21. The summed E-state index contributed by atoms with van der Waals surface area (Å²) < 4.78 is 0. The fourth-order valence-electron chi connectivity index (χ4n) is 1.49. The lowest BCUT2D eigenvalue weighted by Gasteiger charge is -2.18. The van der Waals surface area contributed by atoms with Gasteiger partial charge in [-0.25, -0.2) is 0 Å². The van der Waals surface area contributed by atoms with E-state index in [1.54, 1.807) is 0 Å². The molecule has 67 valence electrons. The summed E-state index contributed by atoms with van der Waals surface area (Å²) in [5.74, 6) is 1.81. The summed E-state index contributed by atoms with van der Waals surface area (Å²) in [5, 5.41) is 0. The molecule has 0 spiro atoms. The van der Waals surface area contributed by atoms with Crippen LogP contribution in [-0.2, 0) is 0 Å². The van der Waals surface area contributed by atoms with E-state index in [0.29, 0.717) is 0 Å². The van der Waals surface area contributed by atoms with Crippen LogP contribution in [0.2, 0.25) is 0 Å². The fraction of sp³-hybridized carbons (Fsp3) is 0.909. The summed E-state index contributed by atoms with van der Waals surface area (Å²) in [6.45, 7) is 10.9. The highest BCUT2D eigenvalue weighted by molar-refractivity contribution is 4.61. The van der Waals surface area contributed by atoms with Crippen LogP contribution in [-0.4, -0.2) is 0 Å². The molecule has 0 aliphatic rings. The van der Waals surface area contributed by atoms with E-state index in [0.717, 1.165) is 18.3 Å². The molecule has 2 unspecified atom stereocenters. The standard InChI is InChI=1S/C11H23/c1-5-7-9-11(4)10(3)8-6-2/h10-11H,1,5-9H2,2-4H3. The third-order valence-corrected chi connectivity index (χ3v) is 2.62. The zero-order chi connectivity index (χ0) is 8.69. The number of hydrogen-bond acceptors (Lipinski definition) is 0. The number of hydrogen-bond donors (Lipinski definition) is 0. The summed E-state index contributed by atoms with van der Waals surface area (Å²) in [6.07, 6.45) is 6.48. The van der Waals surface area contributed by atoms with Crippen molar-refractivity contribution in [3.63, 3.8) is 0 Å². The Hall–Kier alpha value is 0. The first-order valence-corrected chi connectivity index (χ1v) is 5.01. The van der Waals surface area contributed by atoms with E-state index in [9.17, 15) is 0 Å². The highest BCUT2D eigenvalue weighted by atomic mass is 14.1. The van der Waals surface area contributed by atoms with Crippen molar-refractivity contribution >= 4 is 0 Å². The first-order valence-electron chi connectivity index (χ1n) is 5.01. The normalized spacial score (nSPS) is 16.4. The van der Waals surface area contributed by atoms with Gasteiger partial charge in [-0.1, -0.05) is 59.8 Å². The zero-order valence-electron chi connectivity index (χ0n) is 8.40. The SMILES string of the molecule is [CH2]CCCC(C)C(C)CCC. The van der Waals surface area contributed by atoms with E-state index in [-0.39, 0.29) is 0 Å². The molecular formula is C11H23. The lowest BCUT2D eigenvalue weighted by atomic mass is 9.88. The van der Waals surface area contributed by atoms with Gasteiger partial charge in [0.05, 0.1) is 0 Å². The largest absolute Gasteiger partial charge is 0.0654 e. The third-order valence-electron chi connectivity index (χ3n) is 2.62. The molecule has 0 aliphatic carbocycles. The van der Waals surface area contributed by atoms with Gasteiger partial charge in [0.1, 0.15) is 0 Å². The summed E-state index contributed by atoms with van der Waals surface area (Å²) >= 11 is 0. The first-order chi connectivity index (χ1) is 5.22. The van der Waals surface area contributed by atoms with Gasteiger partial charge in [-0.2, -0.15) is 0 Å². The second kappa shape index (κ2) is 6.69. The van der Waals surface area contributed by atoms with E-state index in [4.69, 9.17) is 0 Å². The van der Waals surface area contributed by atoms with Crippen LogP contribution in [0.3, 0.4) is 0 Å². The van der Waals surface area contributed by atoms with Crippen molar-refractivity contribution in [3.05, 3.63) is 6.92 Å². The van der Waals surface area contributed by atoms with Crippen molar-refractivity contribution in [2.24, 2.45) is 11.8 Å². The predicted molar refractivity (Wildman–Crippen MR) is 52.4 cm³/mol. The maximum absolute atomic E-state index is 3.86. The minimum absolute atomic E-state index is 0.900.